The van der Waals surface area contributed by atoms with Gasteiger partial charge in [0.15, 0.2) is 5.78 Å². The summed E-state index contributed by atoms with van der Waals surface area (Å²) in [6.45, 7) is 0. The number of nitrogens with two attached hydrogens (primary N) is 1. The number of carbonyl (C=O) groups is 2. The predicted molar refractivity (Wildman–Crippen MR) is 66.9 cm³/mol. The molecule has 0 fully saturated rings. The lowest BCUT2D eigenvalue weighted by molar-refractivity contribution is -0.137. The first kappa shape index (κ1) is 12.4. The molecule has 1 aliphatic carbocycles. The van der Waals surface area contributed by atoms with Gasteiger partial charge in [0.25, 0.3) is 0 Å². The molecule has 18 heavy (non-hydrogen) atoms. The molecule has 4 heteroatoms. The Hall–Kier alpha value is -2.10. The normalized spacial score (nSPS) is 22.9. The Morgan fingerprint density at radius 3 is 2.50 bits per heavy atom. The number of benzene rings is 1. The van der Waals surface area contributed by atoms with Crippen molar-refractivity contribution in [2.75, 3.05) is 0 Å². The minimum absolute atomic E-state index is 0.00326. The first-order valence-corrected chi connectivity index (χ1v) is 5.82. The number of carboxylic acid groups (broad SMARTS) is 1. The van der Waals surface area contributed by atoms with Gasteiger partial charge >= 0.3 is 5.97 Å². The zero-order valence-corrected chi connectivity index (χ0v) is 9.93. The van der Waals surface area contributed by atoms with Gasteiger partial charge in [0, 0.05) is 30.0 Å². The van der Waals surface area contributed by atoms with Gasteiger partial charge in [0.05, 0.1) is 0 Å². The SMILES string of the molecule is NC1=CC(=O)CC1(CCC(=O)O)c1ccccc1. The van der Waals surface area contributed by atoms with Crippen molar-refractivity contribution >= 4 is 11.8 Å². The molecule has 0 heterocycles. The zero-order valence-electron chi connectivity index (χ0n) is 9.93. The Morgan fingerprint density at radius 2 is 2.00 bits per heavy atom. The molecule has 0 aromatic heterocycles. The molecule has 4 nitrogen and oxygen atoms in total. The number of rotatable bonds is 4. The lowest BCUT2D eigenvalue weighted by Gasteiger charge is -2.30. The van der Waals surface area contributed by atoms with Crippen molar-refractivity contribution in [2.24, 2.45) is 5.73 Å². The number of carboxylic acids is 1. The molecule has 1 unspecified atom stereocenters. The molecule has 0 saturated carbocycles. The van der Waals surface area contributed by atoms with E-state index >= 15 is 0 Å². The lowest BCUT2D eigenvalue weighted by atomic mass is 9.74. The fourth-order valence-corrected chi connectivity index (χ4v) is 2.49. The van der Waals surface area contributed by atoms with E-state index in [0.717, 1.165) is 5.56 Å². The highest BCUT2D eigenvalue weighted by atomic mass is 16.4. The van der Waals surface area contributed by atoms with Gasteiger partial charge in [0.2, 0.25) is 0 Å². The van der Waals surface area contributed by atoms with Gasteiger partial charge in [-0.1, -0.05) is 30.3 Å². The summed E-state index contributed by atoms with van der Waals surface area (Å²) in [5.41, 5.74) is 6.71. The van der Waals surface area contributed by atoms with Crippen LogP contribution in [0.5, 0.6) is 0 Å². The van der Waals surface area contributed by atoms with Crippen LogP contribution in [-0.2, 0) is 15.0 Å². The molecule has 0 radical (unpaired) electrons. The van der Waals surface area contributed by atoms with Crippen molar-refractivity contribution in [1.82, 2.24) is 0 Å². The van der Waals surface area contributed by atoms with Crippen LogP contribution >= 0.6 is 0 Å². The molecule has 1 aromatic carbocycles. The van der Waals surface area contributed by atoms with E-state index in [1.165, 1.54) is 6.08 Å². The van der Waals surface area contributed by atoms with Gasteiger partial charge in [-0.25, -0.2) is 0 Å². The number of hydrogen-bond acceptors (Lipinski definition) is 3. The van der Waals surface area contributed by atoms with E-state index in [2.05, 4.69) is 0 Å². The van der Waals surface area contributed by atoms with Gasteiger partial charge < -0.3 is 10.8 Å². The van der Waals surface area contributed by atoms with Crippen LogP contribution in [0.2, 0.25) is 0 Å². The van der Waals surface area contributed by atoms with Gasteiger partial charge in [-0.3, -0.25) is 9.59 Å². The van der Waals surface area contributed by atoms with Crippen LogP contribution in [-0.4, -0.2) is 16.9 Å². The molecule has 3 N–H and O–H groups in total. The second-order valence-corrected chi connectivity index (χ2v) is 4.58. The molecule has 0 amide bonds. The second-order valence-electron chi connectivity index (χ2n) is 4.58. The quantitative estimate of drug-likeness (QED) is 0.844. The van der Waals surface area contributed by atoms with Crippen molar-refractivity contribution in [1.29, 1.82) is 0 Å². The second kappa shape index (κ2) is 4.64. The van der Waals surface area contributed by atoms with Crippen molar-refractivity contribution in [3.63, 3.8) is 0 Å². The Kier molecular flexibility index (Phi) is 3.19. The van der Waals surface area contributed by atoms with E-state index in [1.54, 1.807) is 0 Å². The molecule has 1 atom stereocenters. The molecular formula is C14H15NO3. The van der Waals surface area contributed by atoms with Crippen LogP contribution < -0.4 is 5.73 Å². The number of allylic oxidation sites excluding steroid dienone is 2. The minimum atomic E-state index is -0.877. The van der Waals surface area contributed by atoms with Crippen LogP contribution in [0.1, 0.15) is 24.8 Å². The maximum atomic E-state index is 11.6. The summed E-state index contributed by atoms with van der Waals surface area (Å²) in [6.07, 6.45) is 2.03. The lowest BCUT2D eigenvalue weighted by Crippen LogP contribution is -2.31. The fourth-order valence-electron chi connectivity index (χ4n) is 2.49. The van der Waals surface area contributed by atoms with Crippen LogP contribution in [0.15, 0.2) is 42.1 Å². The molecular weight excluding hydrogens is 230 g/mol. The summed E-state index contributed by atoms with van der Waals surface area (Å²) in [5.74, 6) is -0.917. The van der Waals surface area contributed by atoms with Crippen LogP contribution in [0.3, 0.4) is 0 Å². The summed E-state index contributed by atoms with van der Waals surface area (Å²) in [6, 6.07) is 9.40. The van der Waals surface area contributed by atoms with Crippen molar-refractivity contribution < 1.29 is 14.7 Å². The third-order valence-corrected chi connectivity index (χ3v) is 3.44. The topological polar surface area (TPSA) is 80.4 Å². The predicted octanol–water partition coefficient (Wildman–Crippen LogP) is 1.60. The van der Waals surface area contributed by atoms with E-state index in [0.29, 0.717) is 12.1 Å². The van der Waals surface area contributed by atoms with Gasteiger partial charge in [-0.2, -0.15) is 0 Å². The van der Waals surface area contributed by atoms with Crippen molar-refractivity contribution in [2.45, 2.75) is 24.7 Å². The molecule has 1 aliphatic rings. The van der Waals surface area contributed by atoms with E-state index in [4.69, 9.17) is 10.8 Å². The van der Waals surface area contributed by atoms with Crippen molar-refractivity contribution in [3.8, 4) is 0 Å². The fraction of sp³-hybridized carbons (Fsp3) is 0.286. The summed E-state index contributed by atoms with van der Waals surface area (Å²) >= 11 is 0. The third kappa shape index (κ3) is 2.14. The highest BCUT2D eigenvalue weighted by Gasteiger charge is 2.41. The average Bonchev–Trinajstić information content (AvgIpc) is 2.64. The highest BCUT2D eigenvalue weighted by molar-refractivity contribution is 5.95. The van der Waals surface area contributed by atoms with Crippen LogP contribution in [0.25, 0.3) is 0 Å². The third-order valence-electron chi connectivity index (χ3n) is 3.44. The Bertz CT molecular complexity index is 507. The van der Waals surface area contributed by atoms with E-state index in [-0.39, 0.29) is 18.6 Å². The maximum Gasteiger partial charge on any atom is 0.303 e. The highest BCUT2D eigenvalue weighted by Crippen LogP contribution is 2.41. The number of ketones is 1. The molecule has 0 saturated heterocycles. The van der Waals surface area contributed by atoms with Crippen LogP contribution in [0.4, 0.5) is 0 Å². The van der Waals surface area contributed by atoms with Crippen LogP contribution in [0, 0.1) is 0 Å². The van der Waals surface area contributed by atoms with E-state index in [1.807, 2.05) is 30.3 Å². The molecule has 0 aliphatic heterocycles. The Balaban J connectivity index is 2.39. The molecule has 1 aromatic rings. The van der Waals surface area contributed by atoms with Crippen molar-refractivity contribution in [3.05, 3.63) is 47.7 Å². The standard InChI is InChI=1S/C14H15NO3/c15-12-8-11(16)9-14(12,7-6-13(17)18)10-4-2-1-3-5-10/h1-5,8H,6-7,9,15H2,(H,17,18). The number of aliphatic carboxylic acids is 1. The van der Waals surface area contributed by atoms with Gasteiger partial charge in [-0.15, -0.1) is 0 Å². The summed E-state index contributed by atoms with van der Waals surface area (Å²) in [4.78, 5) is 22.4. The zero-order chi connectivity index (χ0) is 13.2. The van der Waals surface area contributed by atoms with E-state index < -0.39 is 11.4 Å². The van der Waals surface area contributed by atoms with Gasteiger partial charge in [-0.05, 0) is 12.0 Å². The first-order chi connectivity index (χ1) is 8.54. The Labute approximate surface area is 105 Å². The smallest absolute Gasteiger partial charge is 0.303 e. The number of carbonyl (C=O) groups excluding carboxylic acids is 1. The number of hydrogen-bond donors (Lipinski definition) is 2. The molecule has 2 rings (SSSR count). The molecule has 0 spiro atoms. The monoisotopic (exact) mass is 245 g/mol. The molecule has 94 valence electrons. The summed E-state index contributed by atoms with van der Waals surface area (Å²) in [5, 5.41) is 8.84. The Morgan fingerprint density at radius 1 is 1.33 bits per heavy atom. The maximum absolute atomic E-state index is 11.6. The first-order valence-electron chi connectivity index (χ1n) is 5.82. The summed E-state index contributed by atoms with van der Waals surface area (Å²) in [7, 11) is 0. The van der Waals surface area contributed by atoms with Gasteiger partial charge in [0.1, 0.15) is 0 Å². The summed E-state index contributed by atoms with van der Waals surface area (Å²) < 4.78 is 0. The largest absolute Gasteiger partial charge is 0.481 e. The minimum Gasteiger partial charge on any atom is -0.481 e. The molecule has 0 bridgehead atoms. The average molecular weight is 245 g/mol. The van der Waals surface area contributed by atoms with E-state index in [9.17, 15) is 9.59 Å².